The lowest BCUT2D eigenvalue weighted by atomic mass is 10.0. The van der Waals surface area contributed by atoms with E-state index in [2.05, 4.69) is 71.6 Å². The largest absolute Gasteiger partial charge is 0.271 e. The van der Waals surface area contributed by atoms with Crippen molar-refractivity contribution in [2.45, 2.75) is 24.8 Å². The van der Waals surface area contributed by atoms with Crippen molar-refractivity contribution < 1.29 is 0 Å². The summed E-state index contributed by atoms with van der Waals surface area (Å²) in [4.78, 5) is 1.23. The zero-order valence-electron chi connectivity index (χ0n) is 11.7. The second-order valence-corrected chi connectivity index (χ2v) is 6.74. The van der Waals surface area contributed by atoms with E-state index < -0.39 is 0 Å². The van der Waals surface area contributed by atoms with Gasteiger partial charge in [0.1, 0.15) is 0 Å². The molecule has 0 bridgehead atoms. The van der Waals surface area contributed by atoms with Gasteiger partial charge in [0.15, 0.2) is 0 Å². The fourth-order valence-corrected chi connectivity index (χ4v) is 3.81. The Hall–Kier alpha value is -0.810. The van der Waals surface area contributed by atoms with Gasteiger partial charge in [-0.2, -0.15) is 0 Å². The van der Waals surface area contributed by atoms with E-state index in [-0.39, 0.29) is 6.04 Å². The van der Waals surface area contributed by atoms with Crippen LogP contribution >= 0.6 is 27.7 Å². The van der Waals surface area contributed by atoms with Gasteiger partial charge in [-0.3, -0.25) is 11.3 Å². The lowest BCUT2D eigenvalue weighted by molar-refractivity contribution is 0.607. The summed E-state index contributed by atoms with van der Waals surface area (Å²) in [6, 6.07) is 14.9. The number of rotatable bonds is 5. The Labute approximate surface area is 133 Å². The number of benzene rings is 2. The Morgan fingerprint density at radius 2 is 1.95 bits per heavy atom. The van der Waals surface area contributed by atoms with Crippen LogP contribution in [0, 0.1) is 13.8 Å². The third-order valence-electron chi connectivity index (χ3n) is 3.24. The fourth-order valence-electron chi connectivity index (χ4n) is 2.18. The Kier molecular flexibility index (Phi) is 5.66. The molecule has 0 heterocycles. The van der Waals surface area contributed by atoms with Crippen LogP contribution in [0.3, 0.4) is 0 Å². The second-order valence-electron chi connectivity index (χ2n) is 4.82. The normalized spacial score (nSPS) is 12.4. The maximum absolute atomic E-state index is 5.74. The molecule has 2 aromatic carbocycles. The quantitative estimate of drug-likeness (QED) is 0.477. The Morgan fingerprint density at radius 3 is 2.60 bits per heavy atom. The number of nitrogens with two attached hydrogens (primary N) is 1. The van der Waals surface area contributed by atoms with Gasteiger partial charge in [-0.25, -0.2) is 0 Å². The first-order valence-corrected chi connectivity index (χ1v) is 8.30. The van der Waals surface area contributed by atoms with Crippen molar-refractivity contribution in [2.75, 3.05) is 5.75 Å². The van der Waals surface area contributed by atoms with Gasteiger partial charge in [0.2, 0.25) is 0 Å². The highest BCUT2D eigenvalue weighted by atomic mass is 79.9. The first-order chi connectivity index (χ1) is 9.61. The number of aryl methyl sites for hydroxylation is 2. The van der Waals surface area contributed by atoms with E-state index in [0.717, 1.165) is 10.2 Å². The van der Waals surface area contributed by atoms with Crippen LogP contribution in [-0.2, 0) is 0 Å². The Bertz CT molecular complexity index is 586. The van der Waals surface area contributed by atoms with E-state index in [1.807, 2.05) is 6.07 Å². The minimum atomic E-state index is 0.146. The van der Waals surface area contributed by atoms with E-state index in [0.29, 0.717) is 0 Å². The molecule has 4 heteroatoms. The predicted octanol–water partition coefficient (Wildman–Crippen LogP) is 4.36. The third-order valence-corrected chi connectivity index (χ3v) is 5.37. The van der Waals surface area contributed by atoms with Crippen LogP contribution in [0.15, 0.2) is 51.8 Å². The van der Waals surface area contributed by atoms with E-state index in [1.54, 1.807) is 11.8 Å². The molecule has 0 aliphatic rings. The Balaban J connectivity index is 2.11. The molecule has 0 aliphatic heterocycles. The van der Waals surface area contributed by atoms with E-state index in [1.165, 1.54) is 21.6 Å². The summed E-state index contributed by atoms with van der Waals surface area (Å²) in [6.45, 7) is 4.24. The van der Waals surface area contributed by atoms with Gasteiger partial charge in [-0.05, 0) is 53.0 Å². The average Bonchev–Trinajstić information content (AvgIpc) is 2.43. The van der Waals surface area contributed by atoms with Crippen LogP contribution in [0.1, 0.15) is 22.7 Å². The first kappa shape index (κ1) is 15.6. The molecule has 0 saturated carbocycles. The number of hydrazine groups is 1. The summed E-state index contributed by atoms with van der Waals surface area (Å²) < 4.78 is 1.13. The summed E-state index contributed by atoms with van der Waals surface area (Å²) in [6.07, 6.45) is 0. The topological polar surface area (TPSA) is 38.0 Å². The smallest absolute Gasteiger partial charge is 0.0556 e. The van der Waals surface area contributed by atoms with Crippen LogP contribution in [0.2, 0.25) is 0 Å². The monoisotopic (exact) mass is 350 g/mol. The van der Waals surface area contributed by atoms with Gasteiger partial charge < -0.3 is 0 Å². The van der Waals surface area contributed by atoms with Gasteiger partial charge in [-0.1, -0.05) is 35.9 Å². The molecule has 3 N–H and O–H groups in total. The second kappa shape index (κ2) is 7.27. The zero-order valence-corrected chi connectivity index (χ0v) is 14.1. The van der Waals surface area contributed by atoms with Crippen molar-refractivity contribution >= 4 is 27.7 Å². The molecule has 1 unspecified atom stereocenters. The molecule has 0 aliphatic carbocycles. The molecule has 20 heavy (non-hydrogen) atoms. The predicted molar refractivity (Wildman–Crippen MR) is 90.8 cm³/mol. The molecule has 2 aromatic rings. The van der Waals surface area contributed by atoms with Crippen LogP contribution in [-0.4, -0.2) is 5.75 Å². The first-order valence-electron chi connectivity index (χ1n) is 6.52. The number of nitrogens with one attached hydrogen (secondary N) is 1. The van der Waals surface area contributed by atoms with Crippen molar-refractivity contribution in [1.29, 1.82) is 0 Å². The molecule has 0 amide bonds. The van der Waals surface area contributed by atoms with Gasteiger partial charge in [0.05, 0.1) is 6.04 Å². The molecule has 0 saturated heterocycles. The molecule has 0 aromatic heterocycles. The van der Waals surface area contributed by atoms with Gasteiger partial charge in [-0.15, -0.1) is 11.8 Å². The Morgan fingerprint density at radius 1 is 1.20 bits per heavy atom. The summed E-state index contributed by atoms with van der Waals surface area (Å²) in [5, 5.41) is 0. The highest BCUT2D eigenvalue weighted by molar-refractivity contribution is 9.10. The maximum atomic E-state index is 5.74. The molecule has 0 fully saturated rings. The molecule has 1 atom stereocenters. The third kappa shape index (κ3) is 3.85. The average molecular weight is 351 g/mol. The van der Waals surface area contributed by atoms with Crippen LogP contribution < -0.4 is 11.3 Å². The van der Waals surface area contributed by atoms with Crippen LogP contribution in [0.25, 0.3) is 0 Å². The highest BCUT2D eigenvalue weighted by Gasteiger charge is 2.13. The van der Waals surface area contributed by atoms with Crippen molar-refractivity contribution in [3.05, 3.63) is 63.6 Å². The molecular weight excluding hydrogens is 332 g/mol. The number of thioether (sulfide) groups is 1. The lowest BCUT2D eigenvalue weighted by Gasteiger charge is -2.19. The van der Waals surface area contributed by atoms with Crippen molar-refractivity contribution in [2.24, 2.45) is 5.84 Å². The van der Waals surface area contributed by atoms with Crippen LogP contribution in [0.4, 0.5) is 0 Å². The molecular formula is C16H19BrN2S. The summed E-state index contributed by atoms with van der Waals surface area (Å²) >= 11 is 5.37. The molecule has 0 spiro atoms. The zero-order chi connectivity index (χ0) is 14.5. The maximum Gasteiger partial charge on any atom is 0.0556 e. The molecule has 0 radical (unpaired) electrons. The lowest BCUT2D eigenvalue weighted by Crippen LogP contribution is -2.30. The van der Waals surface area contributed by atoms with Gasteiger partial charge in [0, 0.05) is 15.1 Å². The van der Waals surface area contributed by atoms with E-state index in [9.17, 15) is 0 Å². The molecule has 2 nitrogen and oxygen atoms in total. The molecule has 106 valence electrons. The van der Waals surface area contributed by atoms with Crippen LogP contribution in [0.5, 0.6) is 0 Å². The highest BCUT2D eigenvalue weighted by Crippen LogP contribution is 2.31. The van der Waals surface area contributed by atoms with Gasteiger partial charge in [0.25, 0.3) is 0 Å². The minimum Gasteiger partial charge on any atom is -0.271 e. The SMILES string of the molecule is Cc1ccc(C(CSc2ccccc2Br)NN)c(C)c1. The number of halogens is 1. The summed E-state index contributed by atoms with van der Waals surface area (Å²) in [5.74, 6) is 6.63. The summed E-state index contributed by atoms with van der Waals surface area (Å²) in [7, 11) is 0. The van der Waals surface area contributed by atoms with Crippen molar-refractivity contribution in [3.8, 4) is 0 Å². The molecule has 2 rings (SSSR count). The van der Waals surface area contributed by atoms with Gasteiger partial charge >= 0.3 is 0 Å². The minimum absolute atomic E-state index is 0.146. The fraction of sp³-hybridized carbons (Fsp3) is 0.250. The number of hydrogen-bond donors (Lipinski definition) is 2. The standard InChI is InChI=1S/C16H19BrN2S/c1-11-7-8-13(12(2)9-11)15(19-18)10-20-16-6-4-3-5-14(16)17/h3-9,15,19H,10,18H2,1-2H3. The van der Waals surface area contributed by atoms with E-state index >= 15 is 0 Å². The van der Waals surface area contributed by atoms with Crippen molar-refractivity contribution in [3.63, 3.8) is 0 Å². The van der Waals surface area contributed by atoms with E-state index in [4.69, 9.17) is 5.84 Å². The van der Waals surface area contributed by atoms with Crippen molar-refractivity contribution in [1.82, 2.24) is 5.43 Å². The summed E-state index contributed by atoms with van der Waals surface area (Å²) in [5.41, 5.74) is 6.75. The number of hydrogen-bond acceptors (Lipinski definition) is 3.